The maximum Gasteiger partial charge on any atom is 0.166 e. The van der Waals surface area contributed by atoms with Crippen LogP contribution in [0.3, 0.4) is 0 Å². The molecule has 0 N–H and O–H groups in total. The lowest BCUT2D eigenvalue weighted by atomic mass is 10.0. The van der Waals surface area contributed by atoms with Crippen LogP contribution < -0.4 is 0 Å². The molecule has 63 heavy (non-hydrogen) atoms. The van der Waals surface area contributed by atoms with E-state index in [4.69, 9.17) is 19.4 Å². The second-order valence-electron chi connectivity index (χ2n) is 16.3. The molecule has 0 unspecified atom stereocenters. The van der Waals surface area contributed by atoms with E-state index in [1.165, 1.54) is 37.0 Å². The number of hydrogen-bond acceptors (Lipinski definition) is 5. The van der Waals surface area contributed by atoms with Crippen molar-refractivity contribution in [1.29, 1.82) is 0 Å². The molecule has 0 saturated heterocycles. The predicted molar refractivity (Wildman–Crippen MR) is 263 cm³/mol. The quantitative estimate of drug-likeness (QED) is 0.177. The van der Waals surface area contributed by atoms with E-state index in [1.807, 2.05) is 0 Å². The molecule has 0 aliphatic carbocycles. The molecular formula is C57H32N4OS. The van der Waals surface area contributed by atoms with Gasteiger partial charge >= 0.3 is 0 Å². The lowest BCUT2D eigenvalue weighted by Crippen LogP contribution is -2.04. The number of hydrogen-bond donors (Lipinski definition) is 0. The Bertz CT molecular complexity index is 4230. The number of nitrogens with zero attached hydrogens (tertiary/aromatic N) is 4. The normalized spacial score (nSPS) is 12.1. The van der Waals surface area contributed by atoms with Crippen LogP contribution in [0.15, 0.2) is 199 Å². The molecule has 0 radical (unpaired) electrons. The maximum atomic E-state index is 6.92. The van der Waals surface area contributed by atoms with Crippen molar-refractivity contribution in [1.82, 2.24) is 19.5 Å². The van der Waals surface area contributed by atoms with E-state index in [9.17, 15) is 0 Å². The number of para-hydroxylation sites is 1. The Morgan fingerprint density at radius 2 is 1.03 bits per heavy atom. The standard InChI is InChI=1S/C57H32N4OS/c1-2-14-35-28-38(25-24-33(35)12-1)55-58-56(44-21-11-20-43-41-19-8-10-23-52(41)63-54(43)44)60-57(59-55)47-32-51-46(42-27-26-34-13-5-6-17-39(34)53(42)62-51)31-50(47)61-48-22-9-7-18-40(48)45-29-36-15-3-4-16-37(36)30-49(45)61/h1-32H. The van der Waals surface area contributed by atoms with Crippen LogP contribution in [0.25, 0.3) is 136 Å². The molecule has 0 saturated carbocycles. The second kappa shape index (κ2) is 13.2. The summed E-state index contributed by atoms with van der Waals surface area (Å²) in [6.07, 6.45) is 0. The van der Waals surface area contributed by atoms with Crippen molar-refractivity contribution in [2.75, 3.05) is 0 Å². The highest BCUT2D eigenvalue weighted by atomic mass is 32.1. The van der Waals surface area contributed by atoms with Gasteiger partial charge in [0, 0.05) is 63.8 Å². The summed E-state index contributed by atoms with van der Waals surface area (Å²) < 4.78 is 11.7. The lowest BCUT2D eigenvalue weighted by Gasteiger charge is -2.15. The van der Waals surface area contributed by atoms with Gasteiger partial charge in [0.15, 0.2) is 17.5 Å². The minimum absolute atomic E-state index is 0.565. The van der Waals surface area contributed by atoms with Crippen LogP contribution in [0.4, 0.5) is 0 Å². The average molecular weight is 821 g/mol. The SMILES string of the molecule is c1ccc2cc(-c3nc(-c4cc5oc6c7ccccc7ccc6c5cc4-n4c5ccccc5c5cc6ccccc6cc54)nc(-c4cccc5c4sc4ccccc45)n3)ccc2c1. The van der Waals surface area contributed by atoms with E-state index in [0.717, 1.165) is 81.6 Å². The fourth-order valence-corrected chi connectivity index (χ4v) is 11.0. The molecule has 0 amide bonds. The Labute approximate surface area is 363 Å². The third kappa shape index (κ3) is 5.19. The number of fused-ring (bicyclic) bond motifs is 13. The molecule has 0 aliphatic heterocycles. The third-order valence-corrected chi connectivity index (χ3v) is 14.0. The Morgan fingerprint density at radius 1 is 0.381 bits per heavy atom. The van der Waals surface area contributed by atoms with Crippen LogP contribution in [0, 0.1) is 0 Å². The summed E-state index contributed by atoms with van der Waals surface area (Å²) in [5.41, 5.74) is 7.53. The van der Waals surface area contributed by atoms with Gasteiger partial charge in [0.25, 0.3) is 0 Å². The highest BCUT2D eigenvalue weighted by Gasteiger charge is 2.24. The minimum Gasteiger partial charge on any atom is -0.455 e. The smallest absolute Gasteiger partial charge is 0.166 e. The first-order valence-corrected chi connectivity index (χ1v) is 22.0. The van der Waals surface area contributed by atoms with Crippen LogP contribution in [-0.2, 0) is 0 Å². The maximum absolute atomic E-state index is 6.92. The monoisotopic (exact) mass is 820 g/mol. The summed E-state index contributed by atoms with van der Waals surface area (Å²) in [4.78, 5) is 16.3. The summed E-state index contributed by atoms with van der Waals surface area (Å²) >= 11 is 1.78. The molecule has 0 bridgehead atoms. The molecule has 4 heterocycles. The zero-order chi connectivity index (χ0) is 41.2. The van der Waals surface area contributed by atoms with E-state index >= 15 is 0 Å². The Morgan fingerprint density at radius 3 is 1.89 bits per heavy atom. The van der Waals surface area contributed by atoms with E-state index in [2.05, 4.69) is 199 Å². The molecule has 6 heteroatoms. The molecule has 0 atom stereocenters. The van der Waals surface area contributed by atoms with E-state index < -0.39 is 0 Å². The largest absolute Gasteiger partial charge is 0.455 e. The van der Waals surface area contributed by atoms with Gasteiger partial charge in [0.1, 0.15) is 11.2 Å². The van der Waals surface area contributed by atoms with Gasteiger partial charge < -0.3 is 8.98 Å². The zero-order valence-corrected chi connectivity index (χ0v) is 34.4. The topological polar surface area (TPSA) is 56.7 Å². The molecule has 292 valence electrons. The molecule has 5 nitrogen and oxygen atoms in total. The van der Waals surface area contributed by atoms with E-state index in [1.54, 1.807) is 11.3 Å². The second-order valence-corrected chi connectivity index (χ2v) is 17.4. The molecule has 14 rings (SSSR count). The van der Waals surface area contributed by atoms with E-state index in [-0.39, 0.29) is 0 Å². The first-order chi connectivity index (χ1) is 31.2. The number of thiophene rings is 1. The van der Waals surface area contributed by atoms with Crippen LogP contribution in [0.5, 0.6) is 0 Å². The van der Waals surface area contributed by atoms with Gasteiger partial charge in [-0.2, -0.15) is 0 Å². The van der Waals surface area contributed by atoms with Crippen molar-refractivity contribution < 1.29 is 4.42 Å². The van der Waals surface area contributed by atoms with Gasteiger partial charge in [-0.15, -0.1) is 11.3 Å². The van der Waals surface area contributed by atoms with Crippen LogP contribution in [-0.4, -0.2) is 19.5 Å². The first-order valence-electron chi connectivity index (χ1n) is 21.2. The summed E-state index contributed by atoms with van der Waals surface area (Å²) in [5.74, 6) is 1.79. The molecule has 4 aromatic heterocycles. The highest BCUT2D eigenvalue weighted by molar-refractivity contribution is 7.26. The number of furan rings is 1. The molecule has 10 aromatic carbocycles. The highest BCUT2D eigenvalue weighted by Crippen LogP contribution is 2.44. The fourth-order valence-electron chi connectivity index (χ4n) is 9.81. The van der Waals surface area contributed by atoms with Gasteiger partial charge in [-0.05, 0) is 81.5 Å². The number of rotatable bonds is 4. The first kappa shape index (κ1) is 34.5. The summed E-state index contributed by atoms with van der Waals surface area (Å²) in [7, 11) is 0. The Kier molecular flexibility index (Phi) is 7.21. The fraction of sp³-hybridized carbons (Fsp3) is 0. The van der Waals surface area contributed by atoms with Crippen molar-refractivity contribution in [3.8, 4) is 39.9 Å². The molecule has 0 fully saturated rings. The molecule has 14 aromatic rings. The molecule has 0 spiro atoms. The zero-order valence-electron chi connectivity index (χ0n) is 33.6. The average Bonchev–Trinajstić information content (AvgIpc) is 4.02. The van der Waals surface area contributed by atoms with Gasteiger partial charge in [0.2, 0.25) is 0 Å². The van der Waals surface area contributed by atoms with Crippen molar-refractivity contribution in [3.63, 3.8) is 0 Å². The Hall–Kier alpha value is -8.19. The summed E-state index contributed by atoms with van der Waals surface area (Å²) in [6.45, 7) is 0. The van der Waals surface area contributed by atoms with Crippen LogP contribution >= 0.6 is 11.3 Å². The minimum atomic E-state index is 0.565. The van der Waals surface area contributed by atoms with Gasteiger partial charge in [-0.3, -0.25) is 0 Å². The van der Waals surface area contributed by atoms with E-state index in [0.29, 0.717) is 17.5 Å². The van der Waals surface area contributed by atoms with Gasteiger partial charge in [-0.1, -0.05) is 140 Å². The molecular weight excluding hydrogens is 789 g/mol. The van der Waals surface area contributed by atoms with Gasteiger partial charge in [-0.25, -0.2) is 15.0 Å². The van der Waals surface area contributed by atoms with Crippen molar-refractivity contribution in [2.24, 2.45) is 0 Å². The predicted octanol–water partition coefficient (Wildman–Crippen LogP) is 15.7. The lowest BCUT2D eigenvalue weighted by molar-refractivity contribution is 0.672. The van der Waals surface area contributed by atoms with Crippen LogP contribution in [0.2, 0.25) is 0 Å². The molecule has 0 aliphatic rings. The number of benzene rings is 10. The Balaban J connectivity index is 1.12. The third-order valence-electron chi connectivity index (χ3n) is 12.8. The van der Waals surface area contributed by atoms with Crippen molar-refractivity contribution in [3.05, 3.63) is 194 Å². The van der Waals surface area contributed by atoms with Crippen LogP contribution in [0.1, 0.15) is 0 Å². The summed E-state index contributed by atoms with van der Waals surface area (Å²) in [6, 6.07) is 69.2. The van der Waals surface area contributed by atoms with Crippen molar-refractivity contribution in [2.45, 2.75) is 0 Å². The van der Waals surface area contributed by atoms with Crippen molar-refractivity contribution >= 4 is 108 Å². The summed E-state index contributed by atoms with van der Waals surface area (Å²) in [5, 5.41) is 13.8. The van der Waals surface area contributed by atoms with Gasteiger partial charge in [0.05, 0.1) is 16.7 Å². The number of aromatic nitrogens is 4.